The fourth-order valence-electron chi connectivity index (χ4n) is 2.01. The minimum Gasteiger partial charge on any atom is -0.488 e. The lowest BCUT2D eigenvalue weighted by atomic mass is 10.1. The van der Waals surface area contributed by atoms with Crippen LogP contribution in [0, 0.1) is 0 Å². The molecule has 1 N–H and O–H groups in total. The molecular formula is C16H22N2OS. The Balaban J connectivity index is 1.80. The molecule has 0 radical (unpaired) electrons. The van der Waals surface area contributed by atoms with Crippen LogP contribution < -0.4 is 10.1 Å². The topological polar surface area (TPSA) is 34.1 Å². The maximum Gasteiger partial charge on any atom is 0.124 e. The van der Waals surface area contributed by atoms with Gasteiger partial charge in [0.1, 0.15) is 12.4 Å². The molecule has 108 valence electrons. The van der Waals surface area contributed by atoms with Crippen LogP contribution in [0.1, 0.15) is 30.7 Å². The molecule has 1 heterocycles. The second kappa shape index (κ2) is 8.02. The van der Waals surface area contributed by atoms with Crippen LogP contribution in [-0.4, -0.2) is 17.6 Å². The number of hydrogen-bond donors (Lipinski definition) is 1. The lowest BCUT2D eigenvalue weighted by Crippen LogP contribution is -2.28. The Hall–Kier alpha value is -1.39. The zero-order chi connectivity index (χ0) is 14.2. The van der Waals surface area contributed by atoms with Crippen LogP contribution in [0.4, 0.5) is 0 Å². The first-order chi connectivity index (χ1) is 9.78. The first-order valence-corrected chi connectivity index (χ1v) is 7.98. The highest BCUT2D eigenvalue weighted by atomic mass is 32.1. The summed E-state index contributed by atoms with van der Waals surface area (Å²) in [7, 11) is 0. The Morgan fingerprint density at radius 2 is 2.10 bits per heavy atom. The van der Waals surface area contributed by atoms with E-state index in [1.807, 2.05) is 23.8 Å². The van der Waals surface area contributed by atoms with E-state index in [4.69, 9.17) is 4.74 Å². The summed E-state index contributed by atoms with van der Waals surface area (Å²) in [6.07, 6.45) is 4.07. The maximum absolute atomic E-state index is 5.73. The summed E-state index contributed by atoms with van der Waals surface area (Å²) < 4.78 is 5.73. The zero-order valence-electron chi connectivity index (χ0n) is 12.1. The first kappa shape index (κ1) is 15.0. The molecule has 3 nitrogen and oxygen atoms in total. The van der Waals surface area contributed by atoms with Crippen molar-refractivity contribution >= 4 is 11.3 Å². The van der Waals surface area contributed by atoms with Crippen molar-refractivity contribution < 1.29 is 4.74 Å². The van der Waals surface area contributed by atoms with Gasteiger partial charge in [0.05, 0.1) is 10.4 Å². The molecule has 0 saturated heterocycles. The van der Waals surface area contributed by atoms with Gasteiger partial charge in [0.2, 0.25) is 0 Å². The molecule has 0 saturated carbocycles. The number of nitrogens with one attached hydrogen (secondary N) is 1. The summed E-state index contributed by atoms with van der Waals surface area (Å²) in [5, 5.41) is 3.50. The van der Waals surface area contributed by atoms with Gasteiger partial charge in [-0.25, -0.2) is 0 Å². The predicted octanol–water partition coefficient (Wildman–Crippen LogP) is 3.65. The summed E-state index contributed by atoms with van der Waals surface area (Å²) in [4.78, 5) is 5.18. The Bertz CT molecular complexity index is 482. The van der Waals surface area contributed by atoms with E-state index in [0.717, 1.165) is 23.6 Å². The summed E-state index contributed by atoms with van der Waals surface area (Å²) in [6.45, 7) is 6.09. The van der Waals surface area contributed by atoms with Crippen LogP contribution in [0.2, 0.25) is 0 Å². The second-order valence-corrected chi connectivity index (χ2v) is 5.93. The van der Waals surface area contributed by atoms with Gasteiger partial charge >= 0.3 is 0 Å². The van der Waals surface area contributed by atoms with Gasteiger partial charge in [-0.1, -0.05) is 19.1 Å². The molecule has 0 amide bonds. The van der Waals surface area contributed by atoms with E-state index >= 15 is 0 Å². The van der Waals surface area contributed by atoms with Gasteiger partial charge in [0, 0.05) is 12.2 Å². The second-order valence-electron chi connectivity index (χ2n) is 4.96. The van der Waals surface area contributed by atoms with Crippen molar-refractivity contribution in [3.05, 3.63) is 46.4 Å². The number of thiazole rings is 1. The number of benzene rings is 1. The Morgan fingerprint density at radius 3 is 2.75 bits per heavy atom. The van der Waals surface area contributed by atoms with Gasteiger partial charge in [0.25, 0.3) is 0 Å². The average molecular weight is 290 g/mol. The largest absolute Gasteiger partial charge is 0.488 e. The Kier molecular flexibility index (Phi) is 6.02. The standard InChI is InChI=1S/C16H22N2OS/c1-3-8-18-13(2)9-14-4-6-15(7-5-14)19-11-16-10-17-12-20-16/h4-7,10,12-13,18H,3,8-9,11H2,1-2H3. The smallest absolute Gasteiger partial charge is 0.124 e. The molecule has 0 aliphatic rings. The third-order valence-corrected chi connectivity index (χ3v) is 3.83. The summed E-state index contributed by atoms with van der Waals surface area (Å²) >= 11 is 1.62. The average Bonchev–Trinajstić information content (AvgIpc) is 2.98. The molecule has 0 aliphatic carbocycles. The quantitative estimate of drug-likeness (QED) is 0.805. The van der Waals surface area contributed by atoms with E-state index in [1.54, 1.807) is 11.3 Å². The van der Waals surface area contributed by atoms with Crippen molar-refractivity contribution in [3.8, 4) is 5.75 Å². The number of nitrogens with zero attached hydrogens (tertiary/aromatic N) is 1. The minimum atomic E-state index is 0.513. The van der Waals surface area contributed by atoms with E-state index in [1.165, 1.54) is 12.0 Å². The van der Waals surface area contributed by atoms with Crippen LogP contribution in [-0.2, 0) is 13.0 Å². The van der Waals surface area contributed by atoms with Crippen LogP contribution >= 0.6 is 11.3 Å². The van der Waals surface area contributed by atoms with E-state index in [2.05, 4.69) is 36.3 Å². The van der Waals surface area contributed by atoms with Crippen LogP contribution in [0.25, 0.3) is 0 Å². The SMILES string of the molecule is CCCNC(C)Cc1ccc(OCc2cncs2)cc1. The van der Waals surface area contributed by atoms with Gasteiger partial charge in [-0.05, 0) is 44.0 Å². The molecule has 0 spiro atoms. The highest BCUT2D eigenvalue weighted by molar-refractivity contribution is 7.09. The molecule has 1 aromatic carbocycles. The third-order valence-electron chi connectivity index (χ3n) is 3.07. The highest BCUT2D eigenvalue weighted by Crippen LogP contribution is 2.16. The zero-order valence-corrected chi connectivity index (χ0v) is 13.0. The van der Waals surface area contributed by atoms with Crippen LogP contribution in [0.3, 0.4) is 0 Å². The Morgan fingerprint density at radius 1 is 1.30 bits per heavy atom. The van der Waals surface area contributed by atoms with Crippen molar-refractivity contribution in [2.45, 2.75) is 39.3 Å². The molecule has 0 bridgehead atoms. The lowest BCUT2D eigenvalue weighted by Gasteiger charge is -2.13. The number of hydrogen-bond acceptors (Lipinski definition) is 4. The van der Waals surface area contributed by atoms with Crippen LogP contribution in [0.15, 0.2) is 36.0 Å². The molecule has 1 aromatic heterocycles. The molecule has 0 aliphatic heterocycles. The van der Waals surface area contributed by atoms with Crippen molar-refractivity contribution in [3.63, 3.8) is 0 Å². The number of aromatic nitrogens is 1. The van der Waals surface area contributed by atoms with E-state index in [-0.39, 0.29) is 0 Å². The maximum atomic E-state index is 5.73. The third kappa shape index (κ3) is 4.94. The summed E-state index contributed by atoms with van der Waals surface area (Å²) in [6, 6.07) is 8.89. The minimum absolute atomic E-state index is 0.513. The van der Waals surface area contributed by atoms with Gasteiger partial charge < -0.3 is 10.1 Å². The van der Waals surface area contributed by atoms with Gasteiger partial charge in [-0.3, -0.25) is 4.98 Å². The molecule has 2 aromatic rings. The molecule has 4 heteroatoms. The van der Waals surface area contributed by atoms with Crippen molar-refractivity contribution in [2.24, 2.45) is 0 Å². The lowest BCUT2D eigenvalue weighted by molar-refractivity contribution is 0.309. The molecule has 0 fully saturated rings. The van der Waals surface area contributed by atoms with E-state index in [9.17, 15) is 0 Å². The van der Waals surface area contributed by atoms with Crippen molar-refractivity contribution in [1.29, 1.82) is 0 Å². The fourth-order valence-corrected chi connectivity index (χ4v) is 2.51. The molecular weight excluding hydrogens is 268 g/mol. The fraction of sp³-hybridized carbons (Fsp3) is 0.438. The van der Waals surface area contributed by atoms with Gasteiger partial charge in [0.15, 0.2) is 0 Å². The van der Waals surface area contributed by atoms with E-state index < -0.39 is 0 Å². The molecule has 2 rings (SSSR count). The summed E-state index contributed by atoms with van der Waals surface area (Å²) in [5.41, 5.74) is 3.16. The first-order valence-electron chi connectivity index (χ1n) is 7.10. The molecule has 1 atom stereocenters. The highest BCUT2D eigenvalue weighted by Gasteiger charge is 2.03. The normalized spacial score (nSPS) is 12.3. The predicted molar refractivity (Wildman–Crippen MR) is 84.3 cm³/mol. The molecule has 1 unspecified atom stereocenters. The van der Waals surface area contributed by atoms with Crippen LogP contribution in [0.5, 0.6) is 5.75 Å². The van der Waals surface area contributed by atoms with Crippen molar-refractivity contribution in [1.82, 2.24) is 10.3 Å². The number of rotatable bonds is 8. The van der Waals surface area contributed by atoms with Crippen molar-refractivity contribution in [2.75, 3.05) is 6.54 Å². The monoisotopic (exact) mass is 290 g/mol. The van der Waals surface area contributed by atoms with E-state index in [0.29, 0.717) is 12.6 Å². The van der Waals surface area contributed by atoms with Gasteiger partial charge in [-0.2, -0.15) is 0 Å². The number of ether oxygens (including phenoxy) is 1. The summed E-state index contributed by atoms with van der Waals surface area (Å²) in [5.74, 6) is 0.913. The Labute approximate surface area is 125 Å². The molecule has 20 heavy (non-hydrogen) atoms. The van der Waals surface area contributed by atoms with Gasteiger partial charge in [-0.15, -0.1) is 11.3 Å².